The van der Waals surface area contributed by atoms with E-state index in [1.165, 1.54) is 41.9 Å². The summed E-state index contributed by atoms with van der Waals surface area (Å²) in [6, 6.07) is 0.603. The van der Waals surface area contributed by atoms with Crippen molar-refractivity contribution < 1.29 is 43.6 Å². The zero-order valence-electron chi connectivity index (χ0n) is 36.5. The quantitative estimate of drug-likeness (QED) is 0.0477. The minimum atomic E-state index is -1.85. The summed E-state index contributed by atoms with van der Waals surface area (Å²) in [5.41, 5.74) is 10.2. The molecule has 0 aromatic heterocycles. The fourth-order valence-corrected chi connectivity index (χ4v) is 11.3. The number of morpholine rings is 1. The van der Waals surface area contributed by atoms with Crippen LogP contribution in [-0.2, 0) is 28.5 Å². The van der Waals surface area contributed by atoms with E-state index in [0.29, 0.717) is 32.0 Å². The van der Waals surface area contributed by atoms with Gasteiger partial charge in [0, 0.05) is 32.2 Å². The fourth-order valence-electron chi connectivity index (χ4n) is 11.3. The highest BCUT2D eigenvalue weighted by atomic mass is 16.7. The summed E-state index contributed by atoms with van der Waals surface area (Å²) in [6.07, 6.45) is 25.7. The molecule has 0 aromatic carbocycles. The lowest BCUT2D eigenvalue weighted by Crippen LogP contribution is -3.29. The molecule has 14 heteroatoms. The Morgan fingerprint density at radius 1 is 0.932 bits per heavy atom. The van der Waals surface area contributed by atoms with E-state index in [1.807, 2.05) is 0 Å². The van der Waals surface area contributed by atoms with Crippen molar-refractivity contribution in [3.8, 4) is 0 Å². The Morgan fingerprint density at radius 2 is 1.64 bits per heavy atom. The lowest BCUT2D eigenvalue weighted by atomic mass is 9.79. The number of hydrogen-bond donors (Lipinski definition) is 7. The Labute approximate surface area is 354 Å². The van der Waals surface area contributed by atoms with Gasteiger partial charge in [-0.2, -0.15) is 0 Å². The lowest BCUT2D eigenvalue weighted by molar-refractivity contribution is -0.985. The van der Waals surface area contributed by atoms with Crippen LogP contribution in [0.15, 0.2) is 12.2 Å². The highest BCUT2D eigenvalue weighted by Crippen LogP contribution is 2.42. The van der Waals surface area contributed by atoms with Crippen LogP contribution in [0.25, 0.3) is 0 Å². The molecule has 6 aliphatic rings. The van der Waals surface area contributed by atoms with Gasteiger partial charge in [0.1, 0.15) is 23.6 Å². The van der Waals surface area contributed by atoms with Crippen molar-refractivity contribution in [1.82, 2.24) is 15.5 Å². The molecular formula is C45H81N6O8+. The highest BCUT2D eigenvalue weighted by Gasteiger charge is 2.67. The van der Waals surface area contributed by atoms with Crippen molar-refractivity contribution in [3.05, 3.63) is 12.2 Å². The molecule has 2 unspecified atom stereocenters. The molecule has 2 spiro atoms. The zero-order valence-corrected chi connectivity index (χ0v) is 36.5. The van der Waals surface area contributed by atoms with E-state index in [4.69, 9.17) is 30.4 Å². The number of esters is 1. The number of hydrogen-bond acceptors (Lipinski definition) is 12. The standard InChI is InChI=1S/C45H80N6O8/c1-3-35-21-15-16-25-43(58-35)32-34-23-24-36-38(44(26-18-20-33(2)57-44)49-42(48-43)51(34)36)40(53)56-31-17-13-11-9-7-5-4-6-8-10-12-14-22-37-39(52)50(30-19-28-46)41(54)45(55,59-37)27-29-47/h15,21,33-38,41-42,48-49,54-55H,3-14,16-20,22-32,46-47H2,1-2H3/p+1/t33-,34+,35+,36-,37-,38-,41-,42?,43+,44-,45+/m0/s1. The van der Waals surface area contributed by atoms with Gasteiger partial charge in [-0.05, 0) is 77.8 Å². The molecule has 6 aliphatic heterocycles. The van der Waals surface area contributed by atoms with Gasteiger partial charge in [0.2, 0.25) is 12.1 Å². The minimum absolute atomic E-state index is 0.0194. The number of carbonyl (C=O) groups is 2. The van der Waals surface area contributed by atoms with Crippen molar-refractivity contribution >= 4 is 11.9 Å². The second-order valence-electron chi connectivity index (χ2n) is 18.8. The number of carbonyl (C=O) groups excluding carboxylic acids is 2. The number of nitrogens with zero attached hydrogens (tertiary/aromatic N) is 1. The molecule has 59 heavy (non-hydrogen) atoms. The molecule has 12 atom stereocenters. The number of unbranched alkanes of at least 4 members (excludes halogenated alkanes) is 11. The molecule has 0 aromatic rings. The molecule has 9 N–H and O–H groups in total. The van der Waals surface area contributed by atoms with Gasteiger partial charge >= 0.3 is 5.97 Å². The van der Waals surface area contributed by atoms with E-state index in [9.17, 15) is 19.8 Å². The van der Waals surface area contributed by atoms with Crippen molar-refractivity contribution in [1.29, 1.82) is 0 Å². The number of nitrogens with one attached hydrogen (secondary N) is 3. The van der Waals surface area contributed by atoms with Gasteiger partial charge in [0.05, 0.1) is 24.9 Å². The van der Waals surface area contributed by atoms with Gasteiger partial charge in [0.15, 0.2) is 12.1 Å². The van der Waals surface area contributed by atoms with E-state index in [2.05, 4.69) is 36.6 Å². The number of aliphatic hydroxyl groups excluding tert-OH is 1. The summed E-state index contributed by atoms with van der Waals surface area (Å²) >= 11 is 0. The van der Waals surface area contributed by atoms with Crippen LogP contribution in [0.5, 0.6) is 0 Å². The molecule has 1 amide bonds. The topological polar surface area (TPSA) is 195 Å². The minimum Gasteiger partial charge on any atom is -0.465 e. The first-order valence-corrected chi connectivity index (χ1v) is 24.0. The Bertz CT molecular complexity index is 1360. The van der Waals surface area contributed by atoms with Crippen molar-refractivity contribution in [2.75, 3.05) is 26.2 Å². The third kappa shape index (κ3) is 11.5. The van der Waals surface area contributed by atoms with E-state index >= 15 is 0 Å². The second-order valence-corrected chi connectivity index (χ2v) is 18.8. The van der Waals surface area contributed by atoms with Crippen LogP contribution in [-0.4, -0.2) is 113 Å². The van der Waals surface area contributed by atoms with E-state index in [-0.39, 0.29) is 67.6 Å². The number of ether oxygens (including phenoxy) is 4. The van der Waals surface area contributed by atoms with E-state index in [0.717, 1.165) is 103 Å². The molecule has 5 fully saturated rings. The summed E-state index contributed by atoms with van der Waals surface area (Å²) in [4.78, 5) is 29.9. The maximum Gasteiger partial charge on any atom is 0.319 e. The molecule has 6 heterocycles. The summed E-state index contributed by atoms with van der Waals surface area (Å²) in [7, 11) is 0. The molecule has 0 aliphatic carbocycles. The molecule has 338 valence electrons. The van der Waals surface area contributed by atoms with Crippen molar-refractivity contribution in [3.63, 3.8) is 0 Å². The molecular weight excluding hydrogens is 753 g/mol. The Hall–Kier alpha value is -1.72. The van der Waals surface area contributed by atoms with Crippen LogP contribution in [0, 0.1) is 5.92 Å². The second kappa shape index (κ2) is 22.1. The third-order valence-electron chi connectivity index (χ3n) is 14.3. The van der Waals surface area contributed by atoms with Crippen LogP contribution >= 0.6 is 0 Å². The predicted molar refractivity (Wildman–Crippen MR) is 225 cm³/mol. The van der Waals surface area contributed by atoms with Crippen LogP contribution in [0.3, 0.4) is 0 Å². The zero-order chi connectivity index (χ0) is 41.9. The molecule has 6 rings (SSSR count). The maximum absolute atomic E-state index is 14.1. The molecule has 14 nitrogen and oxygen atoms in total. The fraction of sp³-hybridized carbons (Fsp3) is 0.911. The molecule has 5 saturated heterocycles. The van der Waals surface area contributed by atoms with Crippen molar-refractivity contribution in [2.45, 2.75) is 228 Å². The van der Waals surface area contributed by atoms with Crippen LogP contribution < -0.4 is 27.0 Å². The van der Waals surface area contributed by atoms with Gasteiger partial charge in [-0.25, -0.2) is 10.6 Å². The van der Waals surface area contributed by atoms with E-state index < -0.39 is 23.8 Å². The molecule has 0 radical (unpaired) electrons. The number of nitrogens with two attached hydrogens (primary N) is 2. The number of allylic oxidation sites excluding steroid dienone is 1. The van der Waals surface area contributed by atoms with Gasteiger partial charge in [-0.3, -0.25) is 9.59 Å². The van der Waals surface area contributed by atoms with Crippen molar-refractivity contribution in [2.24, 2.45) is 17.4 Å². The Morgan fingerprint density at radius 3 is 2.32 bits per heavy atom. The Kier molecular flexibility index (Phi) is 17.5. The highest BCUT2D eigenvalue weighted by molar-refractivity contribution is 5.82. The van der Waals surface area contributed by atoms with Crippen LogP contribution in [0.2, 0.25) is 0 Å². The van der Waals surface area contributed by atoms with E-state index in [1.54, 1.807) is 0 Å². The number of amides is 1. The SMILES string of the molecule is CC[C@@H]1C=CCC[C@]2(C[C@H]3CC[C@H]4[C@@H](C(=O)OCCCCCCCCCCCCCC[C@@H]5O[C@](O)(CCN)[C@H](O)N(CCCN)C5=O)[C@@]5(CCC[C@H](C)O5)NC(N2)[NH+]34)O1. The molecule has 0 bridgehead atoms. The average Bonchev–Trinajstić information content (AvgIpc) is 3.52. The van der Waals surface area contributed by atoms with Gasteiger partial charge in [-0.1, -0.05) is 89.7 Å². The third-order valence-corrected chi connectivity index (χ3v) is 14.3. The largest absolute Gasteiger partial charge is 0.465 e. The monoisotopic (exact) mass is 834 g/mol. The number of rotatable bonds is 22. The molecule has 0 saturated carbocycles. The smallest absolute Gasteiger partial charge is 0.319 e. The first-order chi connectivity index (χ1) is 28.6. The summed E-state index contributed by atoms with van der Waals surface area (Å²) in [5, 5.41) is 29.4. The summed E-state index contributed by atoms with van der Waals surface area (Å²) in [5.74, 6) is -2.54. The first-order valence-electron chi connectivity index (χ1n) is 24.0. The normalized spacial score (nSPS) is 38.2. The number of aliphatic hydroxyl groups is 2. The Balaban J connectivity index is 0.845. The van der Waals surface area contributed by atoms with Gasteiger partial charge in [-0.15, -0.1) is 0 Å². The number of quaternary nitrogens is 1. The summed E-state index contributed by atoms with van der Waals surface area (Å²) in [6.45, 7) is 5.62. The lowest BCUT2D eigenvalue weighted by Gasteiger charge is -2.58. The average molecular weight is 834 g/mol. The van der Waals surface area contributed by atoms with Gasteiger partial charge in [0.25, 0.3) is 5.91 Å². The van der Waals surface area contributed by atoms with Crippen LogP contribution in [0.1, 0.15) is 168 Å². The van der Waals surface area contributed by atoms with Crippen LogP contribution in [0.4, 0.5) is 0 Å². The maximum atomic E-state index is 14.1. The first kappa shape index (κ1) is 46.8. The van der Waals surface area contributed by atoms with Gasteiger partial charge < -0.3 is 50.4 Å². The predicted octanol–water partition coefficient (Wildman–Crippen LogP) is 3.57. The summed E-state index contributed by atoms with van der Waals surface area (Å²) < 4.78 is 25.5.